The van der Waals surface area contributed by atoms with Crippen LogP contribution in [0.2, 0.25) is 0 Å². The van der Waals surface area contributed by atoms with Gasteiger partial charge in [0.25, 0.3) is 5.88 Å². The van der Waals surface area contributed by atoms with Gasteiger partial charge in [-0.3, -0.25) is 0 Å². The van der Waals surface area contributed by atoms with Gasteiger partial charge in [0.2, 0.25) is 5.82 Å². The lowest BCUT2D eigenvalue weighted by molar-refractivity contribution is -0.255. The van der Waals surface area contributed by atoms with Crippen LogP contribution in [0.4, 0.5) is 5.82 Å². The number of halogens is 1. The van der Waals surface area contributed by atoms with Crippen molar-refractivity contribution in [2.45, 2.75) is 70.7 Å². The highest BCUT2D eigenvalue weighted by Gasteiger charge is 2.46. The molecule has 8 nitrogen and oxygen atoms in total. The van der Waals surface area contributed by atoms with E-state index < -0.39 is 0 Å². The lowest BCUT2D eigenvalue weighted by Crippen LogP contribution is -2.61. The zero-order valence-electron chi connectivity index (χ0n) is 19.5. The molecule has 0 saturated carbocycles. The summed E-state index contributed by atoms with van der Waals surface area (Å²) in [6.45, 7) is 9.68. The van der Waals surface area contributed by atoms with Crippen molar-refractivity contribution in [3.8, 4) is 17.4 Å². The number of ether oxygens (including phenoxy) is 3. The Labute approximate surface area is 200 Å². The molecule has 1 aromatic carbocycles. The number of methoxy groups -OCH3 is 2. The van der Waals surface area contributed by atoms with Gasteiger partial charge in [0.1, 0.15) is 6.10 Å². The first-order valence-corrected chi connectivity index (χ1v) is 11.3. The average molecular weight is 485 g/mol. The van der Waals surface area contributed by atoms with Gasteiger partial charge >= 0.3 is 0 Å². The minimum atomic E-state index is -0.379. The molecule has 2 aromatic rings. The Hall–Kier alpha value is -1.81. The first-order chi connectivity index (χ1) is 14.6. The maximum absolute atomic E-state index is 10.6. The van der Waals surface area contributed by atoms with E-state index in [-0.39, 0.29) is 29.6 Å². The van der Waals surface area contributed by atoms with Crippen LogP contribution in [0.15, 0.2) is 12.1 Å². The molecule has 0 unspecified atom stereocenters. The lowest BCUT2D eigenvalue weighted by atomic mass is 9.80. The molecule has 0 radical (unpaired) electrons. The van der Waals surface area contributed by atoms with Crippen molar-refractivity contribution in [2.75, 3.05) is 25.7 Å². The molecule has 3 heterocycles. The summed E-state index contributed by atoms with van der Waals surface area (Å²) >= 11 is 1.17. The summed E-state index contributed by atoms with van der Waals surface area (Å²) in [4.78, 5) is 2.21. The summed E-state index contributed by atoms with van der Waals surface area (Å²) in [5.41, 5.74) is 1.70. The number of nitrogens with zero attached hydrogens (tertiary/aromatic N) is 4. The van der Waals surface area contributed by atoms with Crippen molar-refractivity contribution in [3.63, 3.8) is 0 Å². The molecule has 178 valence electrons. The number of hydroxylamine groups is 2. The lowest BCUT2D eigenvalue weighted by Gasteiger charge is -2.51. The predicted octanol–water partition coefficient (Wildman–Crippen LogP) is 4.33. The van der Waals surface area contributed by atoms with Crippen molar-refractivity contribution in [1.82, 2.24) is 13.8 Å². The quantitative estimate of drug-likeness (QED) is 0.671. The van der Waals surface area contributed by atoms with Gasteiger partial charge in [-0.2, -0.15) is 9.44 Å². The van der Waals surface area contributed by atoms with Crippen LogP contribution in [0.1, 0.15) is 51.7 Å². The van der Waals surface area contributed by atoms with Crippen LogP contribution >= 0.6 is 24.1 Å². The van der Waals surface area contributed by atoms with Crippen molar-refractivity contribution in [2.24, 2.45) is 0 Å². The SMILES string of the molecule is COc1cc2c(cc1OC)CN(c1nsnc1OC1CC(C)(C)N(O)C(C)(C)C1)CC2.Cl. The van der Waals surface area contributed by atoms with Crippen molar-refractivity contribution < 1.29 is 19.4 Å². The van der Waals surface area contributed by atoms with E-state index in [4.69, 9.17) is 14.2 Å². The molecule has 0 amide bonds. The van der Waals surface area contributed by atoms with Gasteiger partial charge in [-0.25, -0.2) is 0 Å². The fraction of sp³-hybridized carbons (Fsp3) is 0.636. The summed E-state index contributed by atoms with van der Waals surface area (Å²) in [6.07, 6.45) is 2.26. The van der Waals surface area contributed by atoms with Gasteiger partial charge in [-0.15, -0.1) is 16.8 Å². The van der Waals surface area contributed by atoms with E-state index in [1.54, 1.807) is 14.2 Å². The summed E-state index contributed by atoms with van der Waals surface area (Å²) in [5.74, 6) is 2.86. The highest BCUT2D eigenvalue weighted by molar-refractivity contribution is 6.99. The van der Waals surface area contributed by atoms with E-state index in [1.807, 2.05) is 33.8 Å². The molecule has 1 fully saturated rings. The van der Waals surface area contributed by atoms with Crippen molar-refractivity contribution >= 4 is 30.0 Å². The van der Waals surface area contributed by atoms with E-state index in [0.717, 1.165) is 30.3 Å². The minimum Gasteiger partial charge on any atom is -0.493 e. The van der Waals surface area contributed by atoms with Crippen LogP contribution in [0.25, 0.3) is 0 Å². The van der Waals surface area contributed by atoms with Gasteiger partial charge < -0.3 is 24.3 Å². The Bertz CT molecular complexity index is 934. The summed E-state index contributed by atoms with van der Waals surface area (Å²) in [6, 6.07) is 4.11. The Morgan fingerprint density at radius 3 is 2.19 bits per heavy atom. The molecule has 0 bridgehead atoms. The molecule has 1 saturated heterocycles. The summed E-state index contributed by atoms with van der Waals surface area (Å²) in [7, 11) is 3.32. The molecule has 2 aliphatic rings. The monoisotopic (exact) mass is 484 g/mol. The van der Waals surface area contributed by atoms with Crippen LogP contribution in [0, 0.1) is 0 Å². The van der Waals surface area contributed by atoms with E-state index in [0.29, 0.717) is 25.3 Å². The zero-order valence-corrected chi connectivity index (χ0v) is 21.2. The summed E-state index contributed by atoms with van der Waals surface area (Å²) < 4.78 is 26.3. The Morgan fingerprint density at radius 2 is 1.59 bits per heavy atom. The fourth-order valence-electron chi connectivity index (χ4n) is 4.93. The third-order valence-electron chi connectivity index (χ3n) is 6.34. The highest BCUT2D eigenvalue weighted by atomic mass is 35.5. The molecule has 4 rings (SSSR count). The van der Waals surface area contributed by atoms with E-state index in [2.05, 4.69) is 19.7 Å². The molecule has 1 aromatic heterocycles. The third-order valence-corrected chi connectivity index (χ3v) is 6.84. The molecule has 2 aliphatic heterocycles. The number of aromatic nitrogens is 2. The predicted molar refractivity (Wildman–Crippen MR) is 127 cm³/mol. The Balaban J connectivity index is 0.00000289. The molecular weight excluding hydrogens is 452 g/mol. The second kappa shape index (κ2) is 9.21. The Kier molecular flexibility index (Phi) is 7.14. The van der Waals surface area contributed by atoms with Crippen LogP contribution in [-0.2, 0) is 13.0 Å². The van der Waals surface area contributed by atoms with Crippen molar-refractivity contribution in [3.05, 3.63) is 23.3 Å². The second-order valence-corrected chi connectivity index (χ2v) is 10.2. The summed E-state index contributed by atoms with van der Waals surface area (Å²) in [5, 5.41) is 12.0. The normalized spacial score (nSPS) is 20.3. The largest absolute Gasteiger partial charge is 0.493 e. The fourth-order valence-corrected chi connectivity index (χ4v) is 5.44. The molecule has 0 spiro atoms. The van der Waals surface area contributed by atoms with E-state index >= 15 is 0 Å². The number of hydrogen-bond donors (Lipinski definition) is 1. The number of anilines is 1. The standard InChI is InChI=1S/C22H32N4O4S.ClH/c1-21(2)11-16(12-22(3,4)26(21)27)30-20-19(23-31-24-20)25-8-7-14-9-17(28-5)18(29-6)10-15(14)13-25;/h9-10,16,27H,7-8,11-13H2,1-6H3;1H. The first-order valence-electron chi connectivity index (χ1n) is 10.6. The molecule has 0 aliphatic carbocycles. The highest BCUT2D eigenvalue weighted by Crippen LogP contribution is 2.40. The maximum Gasteiger partial charge on any atom is 0.271 e. The maximum atomic E-state index is 10.6. The van der Waals surface area contributed by atoms with Crippen LogP contribution in [0.3, 0.4) is 0 Å². The van der Waals surface area contributed by atoms with Gasteiger partial charge in [-0.05, 0) is 57.4 Å². The number of rotatable bonds is 5. The number of hydrogen-bond acceptors (Lipinski definition) is 9. The van der Waals surface area contributed by atoms with E-state index in [9.17, 15) is 5.21 Å². The smallest absolute Gasteiger partial charge is 0.271 e. The molecule has 0 atom stereocenters. The third kappa shape index (κ3) is 4.62. The number of piperidine rings is 1. The van der Waals surface area contributed by atoms with Crippen LogP contribution < -0.4 is 19.1 Å². The molecular formula is C22H33ClN4O4S. The number of benzene rings is 1. The van der Waals surface area contributed by atoms with E-state index in [1.165, 1.54) is 27.9 Å². The van der Waals surface area contributed by atoms with Gasteiger partial charge in [-0.1, -0.05) is 0 Å². The molecule has 10 heteroatoms. The topological polar surface area (TPSA) is 80.2 Å². The van der Waals surface area contributed by atoms with Crippen LogP contribution in [-0.4, -0.2) is 57.0 Å². The van der Waals surface area contributed by atoms with Gasteiger partial charge in [0.15, 0.2) is 11.5 Å². The average Bonchev–Trinajstić information content (AvgIpc) is 3.18. The Morgan fingerprint density at radius 1 is 1.00 bits per heavy atom. The first kappa shape index (κ1) is 24.8. The zero-order chi connectivity index (χ0) is 22.4. The van der Waals surface area contributed by atoms with Gasteiger partial charge in [0.05, 0.1) is 25.9 Å². The minimum absolute atomic E-state index is 0. The molecule has 1 N–H and O–H groups in total. The van der Waals surface area contributed by atoms with Crippen LogP contribution in [0.5, 0.6) is 17.4 Å². The van der Waals surface area contributed by atoms with Gasteiger partial charge in [0, 0.05) is 37.0 Å². The second-order valence-electron chi connectivity index (χ2n) is 9.63. The number of fused-ring (bicyclic) bond motifs is 1. The van der Waals surface area contributed by atoms with Crippen molar-refractivity contribution in [1.29, 1.82) is 0 Å². The molecule has 32 heavy (non-hydrogen) atoms.